The Bertz CT molecular complexity index is 960. The van der Waals surface area contributed by atoms with Crippen LogP contribution in [0.5, 0.6) is 5.75 Å². The molecule has 1 aromatic carbocycles. The number of methoxy groups -OCH3 is 1. The van der Waals surface area contributed by atoms with Gasteiger partial charge in [-0.15, -0.1) is 11.3 Å². The molecule has 2 N–H and O–H groups in total. The maximum atomic E-state index is 12.7. The summed E-state index contributed by atoms with van der Waals surface area (Å²) >= 11 is 1.17. The monoisotopic (exact) mass is 437 g/mol. The molecule has 0 saturated carbocycles. The summed E-state index contributed by atoms with van der Waals surface area (Å²) in [6.07, 6.45) is 1.35. The molecule has 1 saturated heterocycles. The molecule has 2 heterocycles. The van der Waals surface area contributed by atoms with Gasteiger partial charge in [0, 0.05) is 25.7 Å². The largest absolute Gasteiger partial charge is 0.497 e. The maximum Gasteiger partial charge on any atom is 0.309 e. The summed E-state index contributed by atoms with van der Waals surface area (Å²) in [5, 5.41) is 6.82. The third-order valence-corrected chi connectivity index (χ3v) is 8.00. The minimum Gasteiger partial charge on any atom is -0.497 e. The van der Waals surface area contributed by atoms with Gasteiger partial charge in [0.05, 0.1) is 7.11 Å². The topological polar surface area (TPSA) is 105 Å². The Balaban J connectivity index is 1.52. The zero-order valence-electron chi connectivity index (χ0n) is 16.0. The van der Waals surface area contributed by atoms with Crippen LogP contribution in [-0.4, -0.2) is 50.8 Å². The lowest BCUT2D eigenvalue weighted by Gasteiger charge is -2.23. The highest BCUT2D eigenvalue weighted by Gasteiger charge is 2.36. The van der Waals surface area contributed by atoms with Crippen LogP contribution in [0.2, 0.25) is 0 Å². The molecule has 2 aromatic rings. The van der Waals surface area contributed by atoms with E-state index >= 15 is 0 Å². The van der Waals surface area contributed by atoms with Gasteiger partial charge in [-0.1, -0.05) is 18.2 Å². The third kappa shape index (κ3) is 5.14. The fourth-order valence-electron chi connectivity index (χ4n) is 3.19. The molecule has 156 valence electrons. The smallest absolute Gasteiger partial charge is 0.309 e. The molecule has 3 rings (SSSR count). The molecule has 0 bridgehead atoms. The second kappa shape index (κ2) is 9.38. The molecule has 2 amide bonds. The number of thiophene rings is 1. The molecule has 1 unspecified atom stereocenters. The van der Waals surface area contributed by atoms with Gasteiger partial charge in [-0.2, -0.15) is 4.31 Å². The molecule has 10 heteroatoms. The van der Waals surface area contributed by atoms with E-state index < -0.39 is 21.8 Å². The summed E-state index contributed by atoms with van der Waals surface area (Å²) in [5.74, 6) is -0.888. The standard InChI is InChI=1S/C19H23N3O5S2/c1-27-16-7-2-5-14(11-16)12-20-18(23)19(24)21-13-15-6-3-9-22(15)29(25,26)17-8-4-10-28-17/h2,4-5,7-8,10-11,15H,3,6,9,12-13H2,1H3,(H,20,23)(H,21,24). The quantitative estimate of drug-likeness (QED) is 0.636. The highest BCUT2D eigenvalue weighted by atomic mass is 32.2. The van der Waals surface area contributed by atoms with Crippen LogP contribution in [0.4, 0.5) is 0 Å². The summed E-state index contributed by atoms with van der Waals surface area (Å²) in [4.78, 5) is 24.2. The Kier molecular flexibility index (Phi) is 6.88. The van der Waals surface area contributed by atoms with E-state index in [9.17, 15) is 18.0 Å². The first-order chi connectivity index (χ1) is 13.9. The van der Waals surface area contributed by atoms with Crippen LogP contribution in [-0.2, 0) is 26.2 Å². The molecule has 1 aliphatic heterocycles. The number of nitrogens with zero attached hydrogens (tertiary/aromatic N) is 1. The van der Waals surface area contributed by atoms with Crippen LogP contribution < -0.4 is 15.4 Å². The molecule has 0 aliphatic carbocycles. The Morgan fingerprint density at radius 3 is 2.72 bits per heavy atom. The van der Waals surface area contributed by atoms with Crippen molar-refractivity contribution in [2.24, 2.45) is 0 Å². The van der Waals surface area contributed by atoms with Crippen molar-refractivity contribution in [2.75, 3.05) is 20.2 Å². The zero-order chi connectivity index (χ0) is 20.9. The van der Waals surface area contributed by atoms with Gasteiger partial charge in [-0.05, 0) is 42.0 Å². The lowest BCUT2D eigenvalue weighted by atomic mass is 10.2. The summed E-state index contributed by atoms with van der Waals surface area (Å²) in [7, 11) is -2.03. The van der Waals surface area contributed by atoms with Crippen molar-refractivity contribution < 1.29 is 22.7 Å². The highest BCUT2D eigenvalue weighted by molar-refractivity contribution is 7.91. The number of ether oxygens (including phenoxy) is 1. The minimum absolute atomic E-state index is 0.0933. The number of hydrogen-bond acceptors (Lipinski definition) is 6. The van der Waals surface area contributed by atoms with E-state index in [1.54, 1.807) is 42.8 Å². The normalized spacial score (nSPS) is 17.1. The molecule has 1 aliphatic rings. The molecular formula is C19H23N3O5S2. The van der Waals surface area contributed by atoms with E-state index in [4.69, 9.17) is 4.74 Å². The number of carbonyl (C=O) groups excluding carboxylic acids is 2. The van der Waals surface area contributed by atoms with E-state index in [0.717, 1.165) is 5.56 Å². The van der Waals surface area contributed by atoms with Crippen molar-refractivity contribution in [3.8, 4) is 5.75 Å². The molecule has 1 fully saturated rings. The lowest BCUT2D eigenvalue weighted by Crippen LogP contribution is -2.46. The van der Waals surface area contributed by atoms with Crippen LogP contribution in [0.3, 0.4) is 0 Å². The molecular weight excluding hydrogens is 414 g/mol. The van der Waals surface area contributed by atoms with Crippen LogP contribution in [0.1, 0.15) is 18.4 Å². The maximum absolute atomic E-state index is 12.7. The van der Waals surface area contributed by atoms with Crippen molar-refractivity contribution in [3.05, 3.63) is 47.3 Å². The lowest BCUT2D eigenvalue weighted by molar-refractivity contribution is -0.139. The predicted molar refractivity (Wildman–Crippen MR) is 109 cm³/mol. The number of sulfonamides is 1. The molecule has 0 spiro atoms. The Labute approximate surface area is 173 Å². The molecule has 29 heavy (non-hydrogen) atoms. The number of rotatable bonds is 7. The zero-order valence-corrected chi connectivity index (χ0v) is 17.6. The van der Waals surface area contributed by atoms with Gasteiger partial charge in [-0.25, -0.2) is 8.42 Å². The Morgan fingerprint density at radius 2 is 2.00 bits per heavy atom. The van der Waals surface area contributed by atoms with Gasteiger partial charge in [0.2, 0.25) is 0 Å². The fraction of sp³-hybridized carbons (Fsp3) is 0.368. The van der Waals surface area contributed by atoms with Crippen molar-refractivity contribution in [3.63, 3.8) is 0 Å². The fourth-order valence-corrected chi connectivity index (χ4v) is 6.00. The molecule has 1 atom stereocenters. The van der Waals surface area contributed by atoms with Gasteiger partial charge in [0.15, 0.2) is 0 Å². The first kappa shape index (κ1) is 21.3. The van der Waals surface area contributed by atoms with Crippen LogP contribution >= 0.6 is 11.3 Å². The number of nitrogens with one attached hydrogen (secondary N) is 2. The van der Waals surface area contributed by atoms with E-state index in [0.29, 0.717) is 25.1 Å². The summed E-state index contributed by atoms with van der Waals surface area (Å²) in [6, 6.07) is 10.1. The summed E-state index contributed by atoms with van der Waals surface area (Å²) < 4.78 is 32.3. The van der Waals surface area contributed by atoms with Crippen molar-refractivity contribution in [1.82, 2.24) is 14.9 Å². The third-order valence-electron chi connectivity index (χ3n) is 4.67. The van der Waals surface area contributed by atoms with Gasteiger partial charge in [-0.3, -0.25) is 9.59 Å². The van der Waals surface area contributed by atoms with E-state index in [2.05, 4.69) is 10.6 Å². The first-order valence-corrected chi connectivity index (χ1v) is 11.5. The highest BCUT2D eigenvalue weighted by Crippen LogP contribution is 2.28. The Hall–Kier alpha value is -2.43. The van der Waals surface area contributed by atoms with Crippen LogP contribution in [0.15, 0.2) is 46.0 Å². The van der Waals surface area contributed by atoms with Crippen molar-refractivity contribution in [1.29, 1.82) is 0 Å². The van der Waals surface area contributed by atoms with E-state index in [1.165, 1.54) is 15.6 Å². The molecule has 8 nitrogen and oxygen atoms in total. The van der Waals surface area contributed by atoms with Gasteiger partial charge >= 0.3 is 11.8 Å². The van der Waals surface area contributed by atoms with Crippen LogP contribution in [0.25, 0.3) is 0 Å². The van der Waals surface area contributed by atoms with E-state index in [-0.39, 0.29) is 23.3 Å². The SMILES string of the molecule is COc1cccc(CNC(=O)C(=O)NCC2CCCN2S(=O)(=O)c2cccs2)c1. The minimum atomic E-state index is -3.58. The van der Waals surface area contributed by atoms with Gasteiger partial charge in [0.1, 0.15) is 9.96 Å². The van der Waals surface area contributed by atoms with Crippen LogP contribution in [0, 0.1) is 0 Å². The second-order valence-corrected chi connectivity index (χ2v) is 9.65. The summed E-state index contributed by atoms with van der Waals surface area (Å²) in [6.45, 7) is 0.685. The van der Waals surface area contributed by atoms with Gasteiger partial charge < -0.3 is 15.4 Å². The van der Waals surface area contributed by atoms with Gasteiger partial charge in [0.25, 0.3) is 10.0 Å². The van der Waals surface area contributed by atoms with Crippen molar-refractivity contribution >= 4 is 33.2 Å². The molecule has 0 radical (unpaired) electrons. The number of hydrogen-bond donors (Lipinski definition) is 2. The number of amides is 2. The molecule has 1 aromatic heterocycles. The number of carbonyl (C=O) groups is 2. The first-order valence-electron chi connectivity index (χ1n) is 9.16. The Morgan fingerprint density at radius 1 is 1.21 bits per heavy atom. The predicted octanol–water partition coefficient (Wildman–Crippen LogP) is 1.34. The number of benzene rings is 1. The second-order valence-electron chi connectivity index (χ2n) is 6.59. The average molecular weight is 438 g/mol. The average Bonchev–Trinajstić information content (AvgIpc) is 3.43. The van der Waals surface area contributed by atoms with Crippen molar-refractivity contribution in [2.45, 2.75) is 29.6 Å². The van der Waals surface area contributed by atoms with E-state index in [1.807, 2.05) is 6.07 Å². The summed E-state index contributed by atoms with van der Waals surface area (Å²) in [5.41, 5.74) is 0.800.